The monoisotopic (exact) mass is 190 g/mol. The lowest BCUT2D eigenvalue weighted by molar-refractivity contribution is 0.429. The summed E-state index contributed by atoms with van der Waals surface area (Å²) in [4.78, 5) is 6.19. The van der Waals surface area contributed by atoms with Crippen LogP contribution in [0.15, 0.2) is 29.3 Å². The lowest BCUT2D eigenvalue weighted by atomic mass is 10.1. The van der Waals surface area contributed by atoms with Crippen molar-refractivity contribution in [1.82, 2.24) is 10.3 Å². The summed E-state index contributed by atoms with van der Waals surface area (Å²) < 4.78 is 0. The number of hydrogen-bond donors (Lipinski definition) is 2. The molecule has 4 heteroatoms. The van der Waals surface area contributed by atoms with Gasteiger partial charge < -0.3 is 4.90 Å². The van der Waals surface area contributed by atoms with E-state index in [-0.39, 0.29) is 0 Å². The Morgan fingerprint density at radius 1 is 1.36 bits per heavy atom. The minimum absolute atomic E-state index is 0.737. The van der Waals surface area contributed by atoms with Gasteiger partial charge in [0.25, 0.3) is 0 Å². The van der Waals surface area contributed by atoms with Crippen molar-refractivity contribution in [2.75, 3.05) is 7.05 Å². The predicted molar refractivity (Wildman–Crippen MR) is 56.4 cm³/mol. The highest BCUT2D eigenvalue weighted by molar-refractivity contribution is 5.79. The quantitative estimate of drug-likeness (QED) is 0.270. The second-order valence-corrected chi connectivity index (χ2v) is 3.32. The second-order valence-electron chi connectivity index (χ2n) is 3.32. The first-order valence-electron chi connectivity index (χ1n) is 4.60. The van der Waals surface area contributed by atoms with Crippen LogP contribution in [0.3, 0.4) is 0 Å². The molecule has 0 aliphatic carbocycles. The zero-order valence-corrected chi connectivity index (χ0v) is 8.20. The van der Waals surface area contributed by atoms with Crippen molar-refractivity contribution in [3.63, 3.8) is 0 Å². The molecule has 0 atom stereocenters. The van der Waals surface area contributed by atoms with Crippen LogP contribution in [0.5, 0.6) is 0 Å². The first-order chi connectivity index (χ1) is 6.85. The van der Waals surface area contributed by atoms with Crippen LogP contribution in [0.4, 0.5) is 0 Å². The molecule has 0 aromatic heterocycles. The molecule has 74 valence electrons. The van der Waals surface area contributed by atoms with E-state index >= 15 is 0 Å². The van der Waals surface area contributed by atoms with Gasteiger partial charge in [0.2, 0.25) is 5.96 Å². The van der Waals surface area contributed by atoms with Crippen LogP contribution in [0.2, 0.25) is 0 Å². The van der Waals surface area contributed by atoms with Gasteiger partial charge in [-0.25, -0.2) is 5.84 Å². The van der Waals surface area contributed by atoms with E-state index < -0.39 is 0 Å². The molecule has 0 spiro atoms. The molecule has 14 heavy (non-hydrogen) atoms. The maximum absolute atomic E-state index is 5.38. The Balaban J connectivity index is 2.19. The van der Waals surface area contributed by atoms with Gasteiger partial charge in [-0.05, 0) is 11.1 Å². The summed E-state index contributed by atoms with van der Waals surface area (Å²) in [7, 11) is 1.73. The standard InChI is InChI=1S/C10H14N4/c1-12-10(13-11)14-6-8-4-2-3-5-9(8)7-14/h2-5H,6-7,11H2,1H3,(H,12,13). The minimum Gasteiger partial charge on any atom is -0.333 e. The number of rotatable bonds is 0. The summed E-state index contributed by atoms with van der Waals surface area (Å²) in [6, 6.07) is 8.39. The number of nitrogens with one attached hydrogen (secondary N) is 1. The van der Waals surface area contributed by atoms with Crippen molar-refractivity contribution < 1.29 is 0 Å². The third-order valence-corrected chi connectivity index (χ3v) is 2.48. The number of guanidine groups is 1. The molecule has 0 bridgehead atoms. The molecule has 1 aliphatic heterocycles. The van der Waals surface area contributed by atoms with E-state index in [1.807, 2.05) is 0 Å². The van der Waals surface area contributed by atoms with Crippen molar-refractivity contribution in [3.05, 3.63) is 35.4 Å². The van der Waals surface area contributed by atoms with Gasteiger partial charge in [-0.3, -0.25) is 10.4 Å². The second kappa shape index (κ2) is 3.67. The van der Waals surface area contributed by atoms with E-state index in [9.17, 15) is 0 Å². The number of hydrogen-bond acceptors (Lipinski definition) is 2. The summed E-state index contributed by atoms with van der Waals surface area (Å²) in [5, 5.41) is 0. The van der Waals surface area contributed by atoms with Crippen LogP contribution in [0, 0.1) is 0 Å². The summed E-state index contributed by atoms with van der Waals surface area (Å²) in [6.07, 6.45) is 0. The molecular weight excluding hydrogens is 176 g/mol. The molecule has 3 N–H and O–H groups in total. The zero-order valence-electron chi connectivity index (χ0n) is 8.20. The van der Waals surface area contributed by atoms with E-state index in [1.165, 1.54) is 11.1 Å². The van der Waals surface area contributed by atoms with Gasteiger partial charge in [0.1, 0.15) is 0 Å². The molecule has 4 nitrogen and oxygen atoms in total. The number of nitrogens with two attached hydrogens (primary N) is 1. The Hall–Kier alpha value is -1.55. The Labute approximate surface area is 83.4 Å². The van der Waals surface area contributed by atoms with Gasteiger partial charge in [0.15, 0.2) is 0 Å². The average Bonchev–Trinajstić information content (AvgIpc) is 2.63. The maximum atomic E-state index is 5.38. The SMILES string of the molecule is CN=C(NN)N1Cc2ccccc2C1. The lowest BCUT2D eigenvalue weighted by Gasteiger charge is -2.18. The molecule has 0 saturated heterocycles. The van der Waals surface area contributed by atoms with Gasteiger partial charge in [-0.1, -0.05) is 24.3 Å². The number of fused-ring (bicyclic) bond motifs is 1. The molecule has 1 aliphatic rings. The molecule has 1 heterocycles. The zero-order chi connectivity index (χ0) is 9.97. The van der Waals surface area contributed by atoms with Gasteiger partial charge in [0.05, 0.1) is 0 Å². The number of hydrazine groups is 1. The summed E-state index contributed by atoms with van der Waals surface area (Å²) in [6.45, 7) is 1.76. The smallest absolute Gasteiger partial charge is 0.208 e. The van der Waals surface area contributed by atoms with Crippen molar-refractivity contribution in [3.8, 4) is 0 Å². The fourth-order valence-corrected chi connectivity index (χ4v) is 1.78. The Bertz CT molecular complexity index is 334. The van der Waals surface area contributed by atoms with Crippen LogP contribution < -0.4 is 11.3 Å². The molecule has 2 rings (SSSR count). The highest BCUT2D eigenvalue weighted by atomic mass is 15.4. The van der Waals surface area contributed by atoms with Crippen molar-refractivity contribution >= 4 is 5.96 Å². The van der Waals surface area contributed by atoms with Gasteiger partial charge in [-0.15, -0.1) is 0 Å². The fourth-order valence-electron chi connectivity index (χ4n) is 1.78. The third kappa shape index (κ3) is 1.44. The topological polar surface area (TPSA) is 53.6 Å². The van der Waals surface area contributed by atoms with Crippen molar-refractivity contribution in [2.45, 2.75) is 13.1 Å². The molecule has 1 aromatic carbocycles. The van der Waals surface area contributed by atoms with Crippen LogP contribution >= 0.6 is 0 Å². The summed E-state index contributed by atoms with van der Waals surface area (Å²) >= 11 is 0. The lowest BCUT2D eigenvalue weighted by Crippen LogP contribution is -2.41. The highest BCUT2D eigenvalue weighted by Crippen LogP contribution is 2.21. The van der Waals surface area contributed by atoms with Crippen molar-refractivity contribution in [1.29, 1.82) is 0 Å². The van der Waals surface area contributed by atoms with Crippen LogP contribution in [0.25, 0.3) is 0 Å². The largest absolute Gasteiger partial charge is 0.333 e. The first-order valence-corrected chi connectivity index (χ1v) is 4.60. The van der Waals surface area contributed by atoms with Crippen LogP contribution in [0.1, 0.15) is 11.1 Å². The van der Waals surface area contributed by atoms with Crippen LogP contribution in [-0.2, 0) is 13.1 Å². The van der Waals surface area contributed by atoms with E-state index in [1.54, 1.807) is 7.05 Å². The number of aliphatic imine (C=N–C) groups is 1. The molecular formula is C10H14N4. The minimum atomic E-state index is 0.737. The normalized spacial score (nSPS) is 15.6. The predicted octanol–water partition coefficient (Wildman–Crippen LogP) is 0.451. The molecule has 1 aromatic rings. The van der Waals surface area contributed by atoms with Gasteiger partial charge in [0, 0.05) is 20.1 Å². The van der Waals surface area contributed by atoms with E-state index in [0.29, 0.717) is 0 Å². The maximum Gasteiger partial charge on any atom is 0.208 e. The molecule has 0 unspecified atom stereocenters. The summed E-state index contributed by atoms with van der Waals surface area (Å²) in [5.41, 5.74) is 5.31. The first kappa shape index (κ1) is 9.02. The molecule has 0 amide bonds. The number of nitrogens with zero attached hydrogens (tertiary/aromatic N) is 2. The fraction of sp³-hybridized carbons (Fsp3) is 0.300. The third-order valence-electron chi connectivity index (χ3n) is 2.48. The van der Waals surface area contributed by atoms with E-state index in [2.05, 4.69) is 39.6 Å². The Morgan fingerprint density at radius 2 is 1.93 bits per heavy atom. The van der Waals surface area contributed by atoms with Gasteiger partial charge >= 0.3 is 0 Å². The Kier molecular flexibility index (Phi) is 2.37. The van der Waals surface area contributed by atoms with Crippen molar-refractivity contribution in [2.24, 2.45) is 10.8 Å². The van der Waals surface area contributed by atoms with Gasteiger partial charge in [-0.2, -0.15) is 0 Å². The Morgan fingerprint density at radius 3 is 2.36 bits per heavy atom. The average molecular weight is 190 g/mol. The molecule has 0 fully saturated rings. The highest BCUT2D eigenvalue weighted by Gasteiger charge is 2.20. The number of benzene rings is 1. The molecule has 0 radical (unpaired) electrons. The van der Waals surface area contributed by atoms with E-state index in [4.69, 9.17) is 5.84 Å². The van der Waals surface area contributed by atoms with Crippen LogP contribution in [-0.4, -0.2) is 17.9 Å². The molecule has 0 saturated carbocycles. The van der Waals surface area contributed by atoms with E-state index in [0.717, 1.165) is 19.0 Å². The summed E-state index contributed by atoms with van der Waals surface area (Å²) in [5.74, 6) is 6.11.